The first kappa shape index (κ1) is 17.0. The van der Waals surface area contributed by atoms with Crippen LogP contribution in [-0.4, -0.2) is 21.8 Å². The van der Waals surface area contributed by atoms with E-state index in [-0.39, 0.29) is 17.4 Å². The second kappa shape index (κ2) is 6.55. The Morgan fingerprint density at radius 1 is 1.32 bits per heavy atom. The lowest BCUT2D eigenvalue weighted by molar-refractivity contribution is 0.0950. The van der Waals surface area contributed by atoms with Crippen molar-refractivity contribution in [2.45, 2.75) is 27.2 Å². The Labute approximate surface area is 145 Å². The number of benzene rings is 1. The number of carbonyl (C=O) groups is 1. The largest absolute Gasteiger partial charge is 0.383 e. The van der Waals surface area contributed by atoms with Crippen LogP contribution in [0.2, 0.25) is 0 Å². The maximum Gasteiger partial charge on any atom is 0.273 e. The minimum absolute atomic E-state index is 0.116. The Morgan fingerprint density at radius 3 is 2.80 bits per heavy atom. The van der Waals surface area contributed by atoms with Gasteiger partial charge in [0, 0.05) is 12.7 Å². The van der Waals surface area contributed by atoms with Crippen LogP contribution in [0.25, 0.3) is 16.8 Å². The summed E-state index contributed by atoms with van der Waals surface area (Å²) in [6.07, 6.45) is 2.31. The lowest BCUT2D eigenvalue weighted by atomic mass is 9.99. The van der Waals surface area contributed by atoms with E-state index in [1.807, 2.05) is 39.0 Å². The summed E-state index contributed by atoms with van der Waals surface area (Å²) in [6, 6.07) is 7.17. The highest BCUT2D eigenvalue weighted by Gasteiger charge is 2.21. The number of hydrogen-bond acceptors (Lipinski definition) is 3. The highest BCUT2D eigenvalue weighted by atomic mass is 19.1. The third-order valence-corrected chi connectivity index (χ3v) is 4.19. The topological polar surface area (TPSA) is 72.4 Å². The molecule has 1 amide bonds. The molecule has 0 aliphatic rings. The molecule has 0 spiro atoms. The van der Waals surface area contributed by atoms with Crippen LogP contribution in [0.3, 0.4) is 0 Å². The fourth-order valence-corrected chi connectivity index (χ4v) is 2.85. The van der Waals surface area contributed by atoms with E-state index in [2.05, 4.69) is 10.3 Å². The molecular weight excluding hydrogens is 319 g/mol. The lowest BCUT2D eigenvalue weighted by Crippen LogP contribution is -2.25. The van der Waals surface area contributed by atoms with E-state index in [1.54, 1.807) is 4.40 Å². The molecule has 25 heavy (non-hydrogen) atoms. The smallest absolute Gasteiger partial charge is 0.273 e. The summed E-state index contributed by atoms with van der Waals surface area (Å²) in [4.78, 5) is 16.6. The summed E-state index contributed by atoms with van der Waals surface area (Å²) < 4.78 is 16.2. The van der Waals surface area contributed by atoms with Gasteiger partial charge in [0.2, 0.25) is 0 Å². The molecule has 0 atom stereocenters. The molecule has 5 nitrogen and oxygen atoms in total. The van der Waals surface area contributed by atoms with Gasteiger partial charge in [-0.15, -0.1) is 0 Å². The maximum atomic E-state index is 14.7. The molecule has 0 unspecified atom stereocenters. The van der Waals surface area contributed by atoms with Crippen LogP contribution >= 0.6 is 0 Å². The molecule has 0 fully saturated rings. The van der Waals surface area contributed by atoms with Gasteiger partial charge < -0.3 is 11.1 Å². The first-order valence-electron chi connectivity index (χ1n) is 8.26. The van der Waals surface area contributed by atoms with E-state index in [0.717, 1.165) is 23.1 Å². The van der Waals surface area contributed by atoms with E-state index in [1.165, 1.54) is 12.3 Å². The number of aromatic nitrogens is 2. The van der Waals surface area contributed by atoms with Gasteiger partial charge in [-0.1, -0.05) is 30.7 Å². The number of carbonyl (C=O) groups excluding carboxylic acids is 1. The number of imidazole rings is 1. The summed E-state index contributed by atoms with van der Waals surface area (Å²) in [7, 11) is 0. The van der Waals surface area contributed by atoms with Gasteiger partial charge in [0.25, 0.3) is 5.91 Å². The predicted molar refractivity (Wildman–Crippen MR) is 97.1 cm³/mol. The molecule has 0 aliphatic carbocycles. The van der Waals surface area contributed by atoms with Crippen LogP contribution in [0.15, 0.2) is 30.5 Å². The molecule has 1 aromatic carbocycles. The first-order valence-corrected chi connectivity index (χ1v) is 8.26. The second-order valence-electron chi connectivity index (χ2n) is 6.15. The number of halogens is 1. The van der Waals surface area contributed by atoms with Crippen molar-refractivity contribution in [2.75, 3.05) is 12.3 Å². The van der Waals surface area contributed by atoms with Gasteiger partial charge in [-0.2, -0.15) is 0 Å². The molecule has 0 saturated heterocycles. The Kier molecular flexibility index (Phi) is 4.44. The number of aryl methyl sites for hydroxylation is 2. The van der Waals surface area contributed by atoms with Crippen LogP contribution in [0.5, 0.6) is 0 Å². The monoisotopic (exact) mass is 340 g/mol. The summed E-state index contributed by atoms with van der Waals surface area (Å²) in [5, 5.41) is 2.76. The van der Waals surface area contributed by atoms with Gasteiger partial charge in [0.15, 0.2) is 5.69 Å². The number of hydrogen-bond donors (Lipinski definition) is 2. The third-order valence-electron chi connectivity index (χ3n) is 4.19. The molecule has 0 bridgehead atoms. The zero-order valence-corrected chi connectivity index (χ0v) is 14.6. The highest BCUT2D eigenvalue weighted by molar-refractivity contribution is 5.99. The molecule has 3 N–H and O–H groups in total. The van der Waals surface area contributed by atoms with Crippen LogP contribution in [0.4, 0.5) is 10.2 Å². The quantitative estimate of drug-likeness (QED) is 0.764. The van der Waals surface area contributed by atoms with Gasteiger partial charge in [0.05, 0.1) is 5.56 Å². The van der Waals surface area contributed by atoms with Crippen molar-refractivity contribution in [3.8, 4) is 11.1 Å². The molecule has 130 valence electrons. The van der Waals surface area contributed by atoms with E-state index in [9.17, 15) is 9.18 Å². The highest BCUT2D eigenvalue weighted by Crippen LogP contribution is 2.32. The van der Waals surface area contributed by atoms with Gasteiger partial charge >= 0.3 is 0 Å². The second-order valence-corrected chi connectivity index (χ2v) is 6.15. The minimum Gasteiger partial charge on any atom is -0.383 e. The number of nitrogens with two attached hydrogens (primary N) is 1. The fraction of sp³-hybridized carbons (Fsp3) is 0.263. The molecule has 2 aromatic heterocycles. The summed E-state index contributed by atoms with van der Waals surface area (Å²) >= 11 is 0. The lowest BCUT2D eigenvalue weighted by Gasteiger charge is -2.10. The van der Waals surface area contributed by atoms with Gasteiger partial charge in [-0.05, 0) is 37.5 Å². The third kappa shape index (κ3) is 2.95. The van der Waals surface area contributed by atoms with Gasteiger partial charge in [-0.3, -0.25) is 9.20 Å². The van der Waals surface area contributed by atoms with E-state index < -0.39 is 5.82 Å². The Hall–Kier alpha value is -2.89. The minimum atomic E-state index is -0.397. The van der Waals surface area contributed by atoms with Crippen molar-refractivity contribution < 1.29 is 9.18 Å². The molecular formula is C19H21FN4O. The van der Waals surface area contributed by atoms with Crippen molar-refractivity contribution in [2.24, 2.45) is 0 Å². The van der Waals surface area contributed by atoms with Crippen molar-refractivity contribution in [3.63, 3.8) is 0 Å². The van der Waals surface area contributed by atoms with Crippen LogP contribution in [-0.2, 0) is 0 Å². The van der Waals surface area contributed by atoms with E-state index >= 15 is 0 Å². The standard InChI is InChI=1S/C19H21FN4O/c1-4-8-22-19(25)16-17(21)24-9-7-14(20)15(18(24)23-16)13-10-11(2)5-6-12(13)3/h5-7,9-10H,4,8,21H2,1-3H3,(H,22,25). The van der Waals surface area contributed by atoms with Crippen LogP contribution < -0.4 is 11.1 Å². The number of anilines is 1. The van der Waals surface area contributed by atoms with Crippen LogP contribution in [0, 0.1) is 19.7 Å². The number of amides is 1. The summed E-state index contributed by atoms with van der Waals surface area (Å²) in [5.74, 6) is -0.544. The molecule has 3 rings (SSSR count). The predicted octanol–water partition coefficient (Wildman–Crippen LogP) is 3.48. The van der Waals surface area contributed by atoms with Gasteiger partial charge in [0.1, 0.15) is 17.3 Å². The van der Waals surface area contributed by atoms with Crippen molar-refractivity contribution in [1.29, 1.82) is 0 Å². The molecule has 6 heteroatoms. The van der Waals surface area contributed by atoms with Crippen molar-refractivity contribution in [3.05, 3.63) is 53.1 Å². The Balaban J connectivity index is 2.24. The Morgan fingerprint density at radius 2 is 2.08 bits per heavy atom. The zero-order chi connectivity index (χ0) is 18.1. The van der Waals surface area contributed by atoms with Gasteiger partial charge in [-0.25, -0.2) is 9.37 Å². The number of nitrogens with zero attached hydrogens (tertiary/aromatic N) is 2. The molecule has 2 heterocycles. The fourth-order valence-electron chi connectivity index (χ4n) is 2.85. The molecule has 0 saturated carbocycles. The summed E-state index contributed by atoms with van der Waals surface area (Å²) in [6.45, 7) is 6.36. The molecule has 0 radical (unpaired) electrons. The van der Waals surface area contributed by atoms with Crippen molar-refractivity contribution in [1.82, 2.24) is 14.7 Å². The average Bonchev–Trinajstić information content (AvgIpc) is 2.92. The number of nitrogen functional groups attached to an aromatic ring is 1. The van der Waals surface area contributed by atoms with Crippen LogP contribution in [0.1, 0.15) is 35.0 Å². The first-order chi connectivity index (χ1) is 11.9. The van der Waals surface area contributed by atoms with E-state index in [0.29, 0.717) is 17.8 Å². The number of pyridine rings is 1. The van der Waals surface area contributed by atoms with Crippen molar-refractivity contribution >= 4 is 17.4 Å². The maximum absolute atomic E-state index is 14.7. The number of rotatable bonds is 4. The normalized spacial score (nSPS) is 11.0. The molecule has 3 aromatic rings. The SMILES string of the molecule is CCCNC(=O)c1nc2c(-c3cc(C)ccc3C)c(F)ccn2c1N. The number of nitrogens with one attached hydrogen (secondary N) is 1. The summed E-state index contributed by atoms with van der Waals surface area (Å²) in [5.41, 5.74) is 9.59. The average molecular weight is 340 g/mol. The number of fused-ring (bicyclic) bond motifs is 1. The Bertz CT molecular complexity index is 962. The molecule has 0 aliphatic heterocycles. The van der Waals surface area contributed by atoms with E-state index in [4.69, 9.17) is 5.73 Å². The zero-order valence-electron chi connectivity index (χ0n) is 14.6.